The highest BCUT2D eigenvalue weighted by atomic mass is 32.2. The largest absolute Gasteiger partial charge is 0.399 e. The lowest BCUT2D eigenvalue weighted by molar-refractivity contribution is 0.790. The summed E-state index contributed by atoms with van der Waals surface area (Å²) < 4.78 is 1.90. The third kappa shape index (κ3) is 2.02. The Morgan fingerprint density at radius 1 is 1.50 bits per heavy atom. The summed E-state index contributed by atoms with van der Waals surface area (Å²) >= 11 is 1.45. The highest BCUT2D eigenvalue weighted by molar-refractivity contribution is 7.99. The van der Waals surface area contributed by atoms with Crippen LogP contribution in [-0.4, -0.2) is 9.55 Å². The summed E-state index contributed by atoms with van der Waals surface area (Å²) in [6, 6.07) is 7.43. The number of hydrogen-bond acceptors (Lipinski definition) is 4. The molecule has 0 aliphatic carbocycles. The quantitative estimate of drug-likeness (QED) is 0.801. The normalized spacial score (nSPS) is 10.0. The Kier molecular flexibility index (Phi) is 2.84. The first-order valence-corrected chi connectivity index (χ1v) is 5.47. The number of nitrogens with zero attached hydrogens (tertiary/aromatic N) is 3. The number of hydrogen-bond donors (Lipinski definition) is 1. The molecule has 0 aliphatic rings. The number of nitrogen functional groups attached to an aromatic ring is 1. The van der Waals surface area contributed by atoms with Gasteiger partial charge in [-0.15, -0.1) is 0 Å². The summed E-state index contributed by atoms with van der Waals surface area (Å²) in [5, 5.41) is 9.84. The molecule has 1 heterocycles. The Labute approximate surface area is 97.7 Å². The van der Waals surface area contributed by atoms with Crippen molar-refractivity contribution in [2.75, 3.05) is 5.73 Å². The van der Waals surface area contributed by atoms with Gasteiger partial charge in [0.25, 0.3) is 0 Å². The van der Waals surface area contributed by atoms with E-state index in [9.17, 15) is 0 Å². The molecule has 80 valence electrons. The zero-order valence-electron chi connectivity index (χ0n) is 8.71. The smallest absolute Gasteiger partial charge is 0.172 e. The molecule has 2 aromatic rings. The number of aryl methyl sites for hydroxylation is 1. The van der Waals surface area contributed by atoms with Gasteiger partial charge in [0.2, 0.25) is 0 Å². The first-order chi connectivity index (χ1) is 7.70. The minimum absolute atomic E-state index is 0.577. The first kappa shape index (κ1) is 10.6. The predicted molar refractivity (Wildman–Crippen MR) is 62.9 cm³/mol. The van der Waals surface area contributed by atoms with E-state index in [0.29, 0.717) is 11.3 Å². The fourth-order valence-corrected chi connectivity index (χ4v) is 2.14. The van der Waals surface area contributed by atoms with Gasteiger partial charge in [0.1, 0.15) is 6.07 Å². The van der Waals surface area contributed by atoms with E-state index in [1.807, 2.05) is 23.9 Å². The monoisotopic (exact) mass is 230 g/mol. The number of nitriles is 1. The summed E-state index contributed by atoms with van der Waals surface area (Å²) in [4.78, 5) is 5.06. The third-order valence-electron chi connectivity index (χ3n) is 2.10. The van der Waals surface area contributed by atoms with E-state index < -0.39 is 0 Å². The molecule has 1 aromatic heterocycles. The van der Waals surface area contributed by atoms with Gasteiger partial charge in [0.05, 0.1) is 5.56 Å². The number of aromatic nitrogens is 2. The van der Waals surface area contributed by atoms with Gasteiger partial charge in [0.15, 0.2) is 5.16 Å². The van der Waals surface area contributed by atoms with E-state index in [1.165, 1.54) is 11.8 Å². The Hall–Kier alpha value is -1.93. The summed E-state index contributed by atoms with van der Waals surface area (Å²) in [7, 11) is 1.92. The van der Waals surface area contributed by atoms with Crippen molar-refractivity contribution in [3.63, 3.8) is 0 Å². The Morgan fingerprint density at radius 3 is 2.94 bits per heavy atom. The number of rotatable bonds is 2. The molecular weight excluding hydrogens is 220 g/mol. The van der Waals surface area contributed by atoms with Crippen LogP contribution in [0.1, 0.15) is 5.56 Å². The lowest BCUT2D eigenvalue weighted by atomic mass is 10.2. The molecule has 0 atom stereocenters. The summed E-state index contributed by atoms with van der Waals surface area (Å²) in [5.41, 5.74) is 6.80. The molecule has 0 amide bonds. The van der Waals surface area contributed by atoms with Crippen molar-refractivity contribution in [3.05, 3.63) is 36.2 Å². The van der Waals surface area contributed by atoms with E-state index in [-0.39, 0.29) is 0 Å². The van der Waals surface area contributed by atoms with Gasteiger partial charge in [-0.25, -0.2) is 4.98 Å². The van der Waals surface area contributed by atoms with Crippen LogP contribution in [0.25, 0.3) is 0 Å². The molecule has 0 unspecified atom stereocenters. The van der Waals surface area contributed by atoms with Crippen molar-refractivity contribution in [2.24, 2.45) is 7.05 Å². The standard InChI is InChI=1S/C11H10N4S/c1-15-5-4-14-11(15)16-10-3-2-9(13)6-8(10)7-12/h2-6H,13H2,1H3. The molecule has 0 spiro atoms. The van der Waals surface area contributed by atoms with E-state index in [1.54, 1.807) is 18.3 Å². The maximum absolute atomic E-state index is 8.99. The molecule has 0 bridgehead atoms. The molecule has 5 heteroatoms. The van der Waals surface area contributed by atoms with Crippen LogP contribution in [0.15, 0.2) is 40.6 Å². The molecule has 0 fully saturated rings. The number of nitrogens with two attached hydrogens (primary N) is 1. The minimum Gasteiger partial charge on any atom is -0.399 e. The second-order valence-corrected chi connectivity index (χ2v) is 4.30. The molecule has 0 aliphatic heterocycles. The van der Waals surface area contributed by atoms with Gasteiger partial charge >= 0.3 is 0 Å². The van der Waals surface area contributed by atoms with Gasteiger partial charge in [-0.3, -0.25) is 0 Å². The van der Waals surface area contributed by atoms with Crippen molar-refractivity contribution in [1.82, 2.24) is 9.55 Å². The molecule has 0 saturated carbocycles. The number of imidazole rings is 1. The van der Waals surface area contributed by atoms with Crippen LogP contribution >= 0.6 is 11.8 Å². The van der Waals surface area contributed by atoms with Crippen molar-refractivity contribution < 1.29 is 0 Å². The van der Waals surface area contributed by atoms with E-state index in [4.69, 9.17) is 11.0 Å². The van der Waals surface area contributed by atoms with Gasteiger partial charge in [-0.1, -0.05) is 11.8 Å². The SMILES string of the molecule is Cn1ccnc1Sc1ccc(N)cc1C#N. The van der Waals surface area contributed by atoms with Gasteiger partial charge in [-0.2, -0.15) is 5.26 Å². The third-order valence-corrected chi connectivity index (χ3v) is 3.25. The molecule has 4 nitrogen and oxygen atoms in total. The van der Waals surface area contributed by atoms with Crippen molar-refractivity contribution in [1.29, 1.82) is 5.26 Å². The maximum Gasteiger partial charge on any atom is 0.172 e. The second-order valence-electron chi connectivity index (χ2n) is 3.29. The first-order valence-electron chi connectivity index (χ1n) is 4.65. The van der Waals surface area contributed by atoms with Crippen LogP contribution in [0.4, 0.5) is 5.69 Å². The molecule has 2 N–H and O–H groups in total. The Morgan fingerprint density at radius 2 is 2.31 bits per heavy atom. The highest BCUT2D eigenvalue weighted by Gasteiger charge is 2.07. The second kappa shape index (κ2) is 4.29. The van der Waals surface area contributed by atoms with Gasteiger partial charge in [0, 0.05) is 30.0 Å². The average molecular weight is 230 g/mol. The predicted octanol–water partition coefficient (Wildman–Crippen LogP) is 2.03. The summed E-state index contributed by atoms with van der Waals surface area (Å²) in [6.45, 7) is 0. The lowest BCUT2D eigenvalue weighted by Crippen LogP contribution is -1.91. The van der Waals surface area contributed by atoms with Crippen molar-refractivity contribution >= 4 is 17.4 Å². The molecule has 1 aromatic carbocycles. The Bertz CT molecular complexity index is 553. The summed E-state index contributed by atoms with van der Waals surface area (Å²) in [5.74, 6) is 0. The highest BCUT2D eigenvalue weighted by Crippen LogP contribution is 2.29. The molecule has 16 heavy (non-hydrogen) atoms. The van der Waals surface area contributed by atoms with Crippen LogP contribution < -0.4 is 5.73 Å². The minimum atomic E-state index is 0.577. The van der Waals surface area contributed by atoms with E-state index >= 15 is 0 Å². The average Bonchev–Trinajstić information content (AvgIpc) is 2.67. The molecule has 0 saturated heterocycles. The van der Waals surface area contributed by atoms with Crippen molar-refractivity contribution in [2.45, 2.75) is 10.1 Å². The van der Waals surface area contributed by atoms with Crippen LogP contribution in [0.3, 0.4) is 0 Å². The van der Waals surface area contributed by atoms with Crippen LogP contribution in [0.2, 0.25) is 0 Å². The zero-order chi connectivity index (χ0) is 11.5. The maximum atomic E-state index is 8.99. The van der Waals surface area contributed by atoms with E-state index in [0.717, 1.165) is 10.1 Å². The molecular formula is C11H10N4S. The molecule has 2 rings (SSSR count). The van der Waals surface area contributed by atoms with Gasteiger partial charge < -0.3 is 10.3 Å². The van der Waals surface area contributed by atoms with Crippen LogP contribution in [0, 0.1) is 11.3 Å². The summed E-state index contributed by atoms with van der Waals surface area (Å²) in [6.07, 6.45) is 3.59. The van der Waals surface area contributed by atoms with Crippen LogP contribution in [0.5, 0.6) is 0 Å². The van der Waals surface area contributed by atoms with Crippen molar-refractivity contribution in [3.8, 4) is 6.07 Å². The van der Waals surface area contributed by atoms with Gasteiger partial charge in [-0.05, 0) is 18.2 Å². The topological polar surface area (TPSA) is 67.6 Å². The zero-order valence-corrected chi connectivity index (χ0v) is 9.53. The molecule has 0 radical (unpaired) electrons. The van der Waals surface area contributed by atoms with Crippen LogP contribution in [-0.2, 0) is 7.05 Å². The Balaban J connectivity index is 2.36. The fraction of sp³-hybridized carbons (Fsp3) is 0.0909. The number of anilines is 1. The number of benzene rings is 1. The lowest BCUT2D eigenvalue weighted by Gasteiger charge is -2.04. The van der Waals surface area contributed by atoms with E-state index in [2.05, 4.69) is 11.1 Å². The fourth-order valence-electron chi connectivity index (χ4n) is 1.27.